The van der Waals surface area contributed by atoms with Crippen LogP contribution in [0.2, 0.25) is 0 Å². The average Bonchev–Trinajstić information content (AvgIpc) is 3.21. The predicted molar refractivity (Wildman–Crippen MR) is 139 cm³/mol. The highest BCUT2D eigenvalue weighted by molar-refractivity contribution is 7.07. The van der Waals surface area contributed by atoms with Crippen LogP contribution in [0.15, 0.2) is 82.6 Å². The summed E-state index contributed by atoms with van der Waals surface area (Å²) in [5.74, 6) is -0.453. The van der Waals surface area contributed by atoms with Crippen LogP contribution in [0.4, 0.5) is 4.39 Å². The van der Waals surface area contributed by atoms with E-state index in [2.05, 4.69) is 0 Å². The number of methoxy groups -OCH3 is 1. The Kier molecular flexibility index (Phi) is 5.87. The Morgan fingerprint density at radius 3 is 2.63 bits per heavy atom. The fourth-order valence-electron chi connectivity index (χ4n) is 5.02. The number of rotatable bonds is 5. The summed E-state index contributed by atoms with van der Waals surface area (Å²) in [6, 6.07) is 20.4. The van der Waals surface area contributed by atoms with E-state index in [0.29, 0.717) is 26.4 Å². The zero-order valence-corrected chi connectivity index (χ0v) is 21.4. The minimum atomic E-state index is -1.21. The van der Waals surface area contributed by atoms with Crippen molar-refractivity contribution in [3.05, 3.63) is 115 Å². The van der Waals surface area contributed by atoms with Crippen LogP contribution in [0.5, 0.6) is 11.5 Å². The van der Waals surface area contributed by atoms with E-state index >= 15 is 0 Å². The number of para-hydroxylation sites is 1. The van der Waals surface area contributed by atoms with Gasteiger partial charge in [0.15, 0.2) is 4.80 Å². The molecule has 0 spiro atoms. The fraction of sp³-hybridized carbons (Fsp3) is 0.207. The summed E-state index contributed by atoms with van der Waals surface area (Å²) in [6.07, 6.45) is 1.78. The maximum absolute atomic E-state index is 13.9. The molecule has 7 nitrogen and oxygen atoms in total. The van der Waals surface area contributed by atoms with E-state index in [0.717, 1.165) is 11.1 Å². The zero-order chi connectivity index (χ0) is 26.4. The second kappa shape index (κ2) is 9.25. The van der Waals surface area contributed by atoms with E-state index < -0.39 is 23.7 Å². The summed E-state index contributed by atoms with van der Waals surface area (Å²) >= 11 is 1.24. The number of carbonyl (C=O) groups excluding carboxylic acids is 1. The van der Waals surface area contributed by atoms with Crippen molar-refractivity contribution >= 4 is 23.4 Å². The summed E-state index contributed by atoms with van der Waals surface area (Å²) in [5.41, 5.74) is 0.539. The molecule has 0 radical (unpaired) electrons. The molecule has 1 aromatic heterocycles. The lowest BCUT2D eigenvalue weighted by molar-refractivity contribution is -0.158. The van der Waals surface area contributed by atoms with Gasteiger partial charge < -0.3 is 14.2 Å². The zero-order valence-electron chi connectivity index (χ0n) is 20.6. The van der Waals surface area contributed by atoms with Gasteiger partial charge in [-0.15, -0.1) is 0 Å². The molecular formula is C29H23FN2O5S. The van der Waals surface area contributed by atoms with Crippen molar-refractivity contribution in [3.8, 4) is 11.5 Å². The van der Waals surface area contributed by atoms with Crippen LogP contribution in [-0.4, -0.2) is 23.4 Å². The summed E-state index contributed by atoms with van der Waals surface area (Å²) in [5, 5.41) is 0. The molecule has 0 amide bonds. The summed E-state index contributed by atoms with van der Waals surface area (Å²) in [7, 11) is 1.32. The lowest BCUT2D eigenvalue weighted by atomic mass is 9.81. The molecule has 2 bridgehead atoms. The smallest absolute Gasteiger partial charge is 0.317 e. The van der Waals surface area contributed by atoms with Gasteiger partial charge in [-0.25, -0.2) is 9.38 Å². The molecule has 2 aliphatic heterocycles. The molecule has 0 saturated heterocycles. The van der Waals surface area contributed by atoms with Crippen LogP contribution in [-0.2, 0) is 16.1 Å². The molecule has 3 unspecified atom stereocenters. The molecular weight excluding hydrogens is 507 g/mol. The second-order valence-electron chi connectivity index (χ2n) is 9.27. The Labute approximate surface area is 221 Å². The second-order valence-corrected chi connectivity index (χ2v) is 10.3. The Balaban J connectivity index is 1.37. The molecule has 192 valence electrons. The summed E-state index contributed by atoms with van der Waals surface area (Å²) < 4.78 is 32.9. The number of thiazole rings is 1. The average molecular weight is 531 g/mol. The van der Waals surface area contributed by atoms with Gasteiger partial charge in [0.25, 0.3) is 5.56 Å². The number of hydrogen-bond acceptors (Lipinski definition) is 7. The maximum atomic E-state index is 13.9. The van der Waals surface area contributed by atoms with Gasteiger partial charge in [0, 0.05) is 11.1 Å². The summed E-state index contributed by atoms with van der Waals surface area (Å²) in [4.78, 5) is 31.8. The van der Waals surface area contributed by atoms with E-state index in [-0.39, 0.29) is 18.0 Å². The first-order valence-electron chi connectivity index (χ1n) is 12.0. The van der Waals surface area contributed by atoms with Gasteiger partial charge in [-0.2, -0.15) is 0 Å². The van der Waals surface area contributed by atoms with Crippen molar-refractivity contribution in [1.29, 1.82) is 0 Å². The van der Waals surface area contributed by atoms with Gasteiger partial charge in [-0.1, -0.05) is 59.9 Å². The molecule has 0 saturated carbocycles. The number of fused-ring (bicyclic) bond motifs is 6. The number of nitrogens with zero attached hydrogens (tertiary/aromatic N) is 2. The number of benzene rings is 3. The van der Waals surface area contributed by atoms with Crippen LogP contribution < -0.4 is 24.4 Å². The Morgan fingerprint density at radius 1 is 1.13 bits per heavy atom. The Bertz CT molecular complexity index is 1730. The Morgan fingerprint density at radius 2 is 1.87 bits per heavy atom. The van der Waals surface area contributed by atoms with Crippen molar-refractivity contribution in [2.45, 2.75) is 25.3 Å². The molecule has 3 aromatic carbocycles. The third-order valence-corrected chi connectivity index (χ3v) is 7.85. The highest BCUT2D eigenvalue weighted by Gasteiger charge is 2.55. The Hall–Kier alpha value is -4.24. The molecule has 3 atom stereocenters. The monoisotopic (exact) mass is 530 g/mol. The highest BCUT2D eigenvalue weighted by Crippen LogP contribution is 2.47. The molecule has 0 aliphatic carbocycles. The maximum Gasteiger partial charge on any atom is 0.317 e. The van der Waals surface area contributed by atoms with Crippen molar-refractivity contribution in [1.82, 2.24) is 4.57 Å². The van der Waals surface area contributed by atoms with Gasteiger partial charge in [-0.3, -0.25) is 14.2 Å². The van der Waals surface area contributed by atoms with E-state index in [4.69, 9.17) is 19.2 Å². The lowest BCUT2D eigenvalue weighted by Crippen LogP contribution is -2.58. The number of aromatic nitrogens is 1. The van der Waals surface area contributed by atoms with Crippen LogP contribution in [0.3, 0.4) is 0 Å². The molecule has 0 N–H and O–H groups in total. The third kappa shape index (κ3) is 3.99. The predicted octanol–water partition coefficient (Wildman–Crippen LogP) is 3.58. The van der Waals surface area contributed by atoms with Crippen molar-refractivity contribution < 1.29 is 23.4 Å². The standard InChI is InChI=1S/C29H23FN2O5S/c1-29-24(27(34)35-2)25(20-8-4-6-10-22(20)37-29)32-26(33)23(38-28(32)31-29)15-17-11-13-19(14-12-17)36-16-18-7-3-5-9-21(18)30/h3-15,24-25H,16H2,1-2H3. The van der Waals surface area contributed by atoms with Crippen LogP contribution in [0.1, 0.15) is 29.7 Å². The van der Waals surface area contributed by atoms with Gasteiger partial charge in [0.05, 0.1) is 17.7 Å². The van der Waals surface area contributed by atoms with E-state index in [1.165, 1.54) is 24.5 Å². The number of carbonyl (C=O) groups is 1. The highest BCUT2D eigenvalue weighted by atomic mass is 32.1. The normalized spacial score (nSPS) is 21.5. The molecule has 4 aromatic rings. The molecule has 0 fully saturated rings. The number of ether oxygens (including phenoxy) is 3. The largest absolute Gasteiger partial charge is 0.489 e. The van der Waals surface area contributed by atoms with Gasteiger partial charge in [0.2, 0.25) is 5.72 Å². The molecule has 38 heavy (non-hydrogen) atoms. The van der Waals surface area contributed by atoms with Crippen LogP contribution in [0.25, 0.3) is 6.08 Å². The first kappa shape index (κ1) is 24.1. The molecule has 2 aliphatic rings. The molecule has 6 rings (SSSR count). The third-order valence-electron chi connectivity index (χ3n) is 6.86. The number of esters is 1. The quantitative estimate of drug-likeness (QED) is 0.369. The van der Waals surface area contributed by atoms with Crippen LogP contribution in [0, 0.1) is 11.7 Å². The van der Waals surface area contributed by atoms with Gasteiger partial charge in [-0.05, 0) is 42.8 Å². The van der Waals surface area contributed by atoms with Crippen LogP contribution >= 0.6 is 11.3 Å². The van der Waals surface area contributed by atoms with E-state index in [9.17, 15) is 14.0 Å². The fourth-order valence-corrected chi connectivity index (χ4v) is 6.12. The lowest BCUT2D eigenvalue weighted by Gasteiger charge is -2.44. The number of halogens is 1. The van der Waals surface area contributed by atoms with Gasteiger partial charge >= 0.3 is 5.97 Å². The van der Waals surface area contributed by atoms with Crippen molar-refractivity contribution in [2.24, 2.45) is 10.9 Å². The van der Waals surface area contributed by atoms with Gasteiger partial charge in [0.1, 0.15) is 29.8 Å². The first-order chi connectivity index (χ1) is 18.4. The minimum Gasteiger partial charge on any atom is -0.489 e. The molecule has 9 heteroatoms. The van der Waals surface area contributed by atoms with Crippen molar-refractivity contribution in [3.63, 3.8) is 0 Å². The summed E-state index contributed by atoms with van der Waals surface area (Å²) in [6.45, 7) is 1.86. The first-order valence-corrected chi connectivity index (χ1v) is 12.8. The van der Waals surface area contributed by atoms with Crippen molar-refractivity contribution in [2.75, 3.05) is 7.11 Å². The van der Waals surface area contributed by atoms with E-state index in [1.807, 2.05) is 36.4 Å². The minimum absolute atomic E-state index is 0.112. The molecule has 3 heterocycles. The number of hydrogen-bond donors (Lipinski definition) is 0. The topological polar surface area (TPSA) is 79.1 Å². The SMILES string of the molecule is COC(=O)C1C2c3ccccc3OC1(C)N=c1sc(=Cc3ccc(OCc4ccccc4F)cc3)c(=O)n12. The van der Waals surface area contributed by atoms with E-state index in [1.54, 1.807) is 47.9 Å².